The number of para-hydroxylation sites is 1. The lowest BCUT2D eigenvalue weighted by atomic mass is 9.88. The maximum Gasteiger partial charge on any atom is 0.341 e. The Kier molecular flexibility index (Phi) is 6.11. The molecule has 5 nitrogen and oxygen atoms in total. The third kappa shape index (κ3) is 4.47. The van der Waals surface area contributed by atoms with E-state index in [4.69, 9.17) is 4.74 Å². The molecule has 1 atom stereocenters. The van der Waals surface area contributed by atoms with Gasteiger partial charge in [-0.3, -0.25) is 4.79 Å². The number of anilines is 2. The van der Waals surface area contributed by atoms with Crippen molar-refractivity contribution in [2.75, 3.05) is 23.8 Å². The van der Waals surface area contributed by atoms with Gasteiger partial charge in [0.25, 0.3) is 0 Å². The second kappa shape index (κ2) is 8.52. The maximum absolute atomic E-state index is 13.7. The first-order chi connectivity index (χ1) is 13.0. The van der Waals surface area contributed by atoms with Crippen LogP contribution in [0.2, 0.25) is 0 Å². The highest BCUT2D eigenvalue weighted by Gasteiger charge is 2.29. The van der Waals surface area contributed by atoms with Gasteiger partial charge in [0.2, 0.25) is 5.91 Å². The van der Waals surface area contributed by atoms with E-state index < -0.39 is 11.8 Å². The van der Waals surface area contributed by atoms with E-state index in [9.17, 15) is 14.0 Å². The van der Waals surface area contributed by atoms with Crippen LogP contribution in [0.4, 0.5) is 15.1 Å². The fourth-order valence-corrected chi connectivity index (χ4v) is 4.62. The molecule has 1 aliphatic carbocycles. The summed E-state index contributed by atoms with van der Waals surface area (Å²) in [6.07, 6.45) is 2.72. The van der Waals surface area contributed by atoms with Crippen molar-refractivity contribution >= 4 is 33.9 Å². The summed E-state index contributed by atoms with van der Waals surface area (Å²) in [5, 5.41) is 6.10. The van der Waals surface area contributed by atoms with Crippen LogP contribution in [0, 0.1) is 11.7 Å². The van der Waals surface area contributed by atoms with Crippen molar-refractivity contribution in [1.82, 2.24) is 0 Å². The van der Waals surface area contributed by atoms with Crippen LogP contribution in [-0.2, 0) is 22.4 Å². The summed E-state index contributed by atoms with van der Waals surface area (Å²) in [6.45, 7) is 4.13. The Labute approximate surface area is 161 Å². The Hall–Kier alpha value is -2.41. The van der Waals surface area contributed by atoms with Gasteiger partial charge in [-0.25, -0.2) is 9.18 Å². The van der Waals surface area contributed by atoms with Crippen molar-refractivity contribution in [3.05, 3.63) is 46.1 Å². The van der Waals surface area contributed by atoms with Crippen molar-refractivity contribution in [3.8, 4) is 0 Å². The number of hydrogen-bond donors (Lipinski definition) is 2. The lowest BCUT2D eigenvalue weighted by Crippen LogP contribution is -2.23. The molecule has 1 aromatic heterocycles. The van der Waals surface area contributed by atoms with Gasteiger partial charge in [0.15, 0.2) is 0 Å². The molecule has 1 amide bonds. The Balaban J connectivity index is 1.76. The molecule has 0 radical (unpaired) electrons. The topological polar surface area (TPSA) is 67.4 Å². The van der Waals surface area contributed by atoms with Gasteiger partial charge in [-0.2, -0.15) is 0 Å². The van der Waals surface area contributed by atoms with Gasteiger partial charge in [-0.15, -0.1) is 11.3 Å². The molecule has 27 heavy (non-hydrogen) atoms. The van der Waals surface area contributed by atoms with Crippen LogP contribution in [0.15, 0.2) is 24.3 Å². The van der Waals surface area contributed by atoms with Crippen molar-refractivity contribution < 1.29 is 18.7 Å². The SMILES string of the molecule is CCOC(=O)c1c(NC(=O)CNc2ccccc2F)sc2c1CC[C@H](C)C2. The minimum Gasteiger partial charge on any atom is -0.462 e. The van der Waals surface area contributed by atoms with E-state index in [0.717, 1.165) is 29.7 Å². The normalized spacial score (nSPS) is 15.7. The molecule has 0 saturated heterocycles. The quantitative estimate of drug-likeness (QED) is 0.724. The van der Waals surface area contributed by atoms with Gasteiger partial charge in [0, 0.05) is 4.88 Å². The number of carbonyl (C=O) groups is 2. The van der Waals surface area contributed by atoms with Crippen molar-refractivity contribution in [3.63, 3.8) is 0 Å². The fourth-order valence-electron chi connectivity index (χ4n) is 3.21. The maximum atomic E-state index is 13.7. The van der Waals surface area contributed by atoms with Crippen LogP contribution >= 0.6 is 11.3 Å². The largest absolute Gasteiger partial charge is 0.462 e. The predicted molar refractivity (Wildman–Crippen MR) is 105 cm³/mol. The van der Waals surface area contributed by atoms with E-state index >= 15 is 0 Å². The number of carbonyl (C=O) groups excluding carboxylic acids is 2. The van der Waals surface area contributed by atoms with E-state index in [2.05, 4.69) is 17.6 Å². The zero-order valence-electron chi connectivity index (χ0n) is 15.4. The molecule has 0 aliphatic heterocycles. The molecule has 2 N–H and O–H groups in total. The van der Waals surface area contributed by atoms with Crippen LogP contribution in [0.5, 0.6) is 0 Å². The minimum atomic E-state index is -0.418. The fraction of sp³-hybridized carbons (Fsp3) is 0.400. The highest BCUT2D eigenvalue weighted by Crippen LogP contribution is 2.40. The van der Waals surface area contributed by atoms with E-state index in [1.54, 1.807) is 25.1 Å². The summed E-state index contributed by atoms with van der Waals surface area (Å²) in [4.78, 5) is 26.0. The summed E-state index contributed by atoms with van der Waals surface area (Å²) in [7, 11) is 0. The van der Waals surface area contributed by atoms with Gasteiger partial charge < -0.3 is 15.4 Å². The molecule has 7 heteroatoms. The highest BCUT2D eigenvalue weighted by molar-refractivity contribution is 7.17. The minimum absolute atomic E-state index is 0.0951. The Bertz CT molecular complexity index is 850. The van der Waals surface area contributed by atoms with Crippen LogP contribution in [0.1, 0.15) is 41.1 Å². The van der Waals surface area contributed by atoms with Crippen LogP contribution in [-0.4, -0.2) is 25.0 Å². The predicted octanol–water partition coefficient (Wildman–Crippen LogP) is 4.24. The molecular formula is C20H23FN2O3S. The van der Waals surface area contributed by atoms with Crippen LogP contribution in [0.25, 0.3) is 0 Å². The lowest BCUT2D eigenvalue weighted by Gasteiger charge is -2.18. The summed E-state index contributed by atoms with van der Waals surface area (Å²) < 4.78 is 18.9. The van der Waals surface area contributed by atoms with E-state index in [-0.39, 0.29) is 24.7 Å². The first-order valence-corrected chi connectivity index (χ1v) is 9.91. The Morgan fingerprint density at radius 1 is 1.33 bits per heavy atom. The number of ether oxygens (including phenoxy) is 1. The number of benzene rings is 1. The molecule has 1 aromatic carbocycles. The Morgan fingerprint density at radius 2 is 2.11 bits per heavy atom. The first kappa shape index (κ1) is 19.4. The van der Waals surface area contributed by atoms with Gasteiger partial charge in [-0.05, 0) is 49.8 Å². The Morgan fingerprint density at radius 3 is 2.85 bits per heavy atom. The molecular weight excluding hydrogens is 367 g/mol. The summed E-state index contributed by atoms with van der Waals surface area (Å²) in [5.74, 6) is -0.604. The molecule has 0 bridgehead atoms. The second-order valence-electron chi connectivity index (χ2n) is 6.66. The highest BCUT2D eigenvalue weighted by atomic mass is 32.1. The number of amides is 1. The van der Waals surface area contributed by atoms with E-state index in [0.29, 0.717) is 16.5 Å². The molecule has 2 aromatic rings. The zero-order valence-corrected chi connectivity index (χ0v) is 16.2. The van der Waals surface area contributed by atoms with Crippen molar-refractivity contribution in [1.29, 1.82) is 0 Å². The smallest absolute Gasteiger partial charge is 0.341 e. The number of halogens is 1. The molecule has 1 aliphatic rings. The summed E-state index contributed by atoms with van der Waals surface area (Å²) >= 11 is 1.44. The number of nitrogens with one attached hydrogen (secondary N) is 2. The zero-order chi connectivity index (χ0) is 19.4. The molecule has 0 spiro atoms. The number of fused-ring (bicyclic) bond motifs is 1. The van der Waals surface area contributed by atoms with Gasteiger partial charge in [0.1, 0.15) is 10.8 Å². The monoisotopic (exact) mass is 390 g/mol. The average molecular weight is 390 g/mol. The molecule has 3 rings (SSSR count). The van der Waals surface area contributed by atoms with Gasteiger partial charge in [-0.1, -0.05) is 19.1 Å². The number of thiophene rings is 1. The molecule has 1 heterocycles. The van der Waals surface area contributed by atoms with Crippen molar-refractivity contribution in [2.45, 2.75) is 33.1 Å². The van der Waals surface area contributed by atoms with E-state index in [1.807, 2.05) is 0 Å². The molecule has 0 unspecified atom stereocenters. The van der Waals surface area contributed by atoms with Crippen LogP contribution in [0.3, 0.4) is 0 Å². The van der Waals surface area contributed by atoms with Gasteiger partial charge in [0.05, 0.1) is 24.4 Å². The standard InChI is InChI=1S/C20H23FN2O3S/c1-3-26-20(25)18-13-9-8-12(2)10-16(13)27-19(18)23-17(24)11-22-15-7-5-4-6-14(15)21/h4-7,12,22H,3,8-11H2,1-2H3,(H,23,24)/t12-/m0/s1. The third-order valence-corrected chi connectivity index (χ3v) is 5.73. The molecule has 0 fully saturated rings. The van der Waals surface area contributed by atoms with Crippen LogP contribution < -0.4 is 10.6 Å². The van der Waals surface area contributed by atoms with Crippen molar-refractivity contribution in [2.24, 2.45) is 5.92 Å². The number of esters is 1. The second-order valence-corrected chi connectivity index (χ2v) is 7.76. The lowest BCUT2D eigenvalue weighted by molar-refractivity contribution is -0.114. The summed E-state index contributed by atoms with van der Waals surface area (Å²) in [5.41, 5.74) is 1.73. The molecule has 144 valence electrons. The number of hydrogen-bond acceptors (Lipinski definition) is 5. The third-order valence-electron chi connectivity index (χ3n) is 4.56. The first-order valence-electron chi connectivity index (χ1n) is 9.09. The molecule has 0 saturated carbocycles. The number of rotatable bonds is 6. The van der Waals surface area contributed by atoms with Gasteiger partial charge >= 0.3 is 5.97 Å². The summed E-state index contributed by atoms with van der Waals surface area (Å²) in [6, 6.07) is 6.17. The van der Waals surface area contributed by atoms with E-state index in [1.165, 1.54) is 17.4 Å². The average Bonchev–Trinajstić information content (AvgIpc) is 2.98.